The number of hydrogen-bond acceptors (Lipinski definition) is 5. The Morgan fingerprint density at radius 3 is 2.06 bits per heavy atom. The van der Waals surface area contributed by atoms with Crippen molar-refractivity contribution in [1.82, 2.24) is 9.80 Å². The van der Waals surface area contributed by atoms with Crippen molar-refractivity contribution in [3.05, 3.63) is 59.7 Å². The molecule has 192 valence electrons. The number of carbonyl (C=O) groups excluding carboxylic acids is 3. The number of rotatable bonds is 6. The van der Waals surface area contributed by atoms with E-state index >= 15 is 0 Å². The molecule has 2 aromatic rings. The van der Waals surface area contributed by atoms with Crippen LogP contribution in [0.25, 0.3) is 11.1 Å². The highest BCUT2D eigenvalue weighted by Crippen LogP contribution is 2.44. The number of likely N-dealkylation sites (N-methyl/N-ethyl adjacent to an activating group) is 1. The van der Waals surface area contributed by atoms with Gasteiger partial charge in [-0.1, -0.05) is 48.5 Å². The number of nitrogens with zero attached hydrogens (tertiary/aromatic N) is 2. The van der Waals surface area contributed by atoms with E-state index in [1.807, 2.05) is 24.3 Å². The van der Waals surface area contributed by atoms with Crippen molar-refractivity contribution in [3.63, 3.8) is 0 Å². The Kier molecular flexibility index (Phi) is 7.67. The summed E-state index contributed by atoms with van der Waals surface area (Å²) in [7, 11) is 1.52. The lowest BCUT2D eigenvalue weighted by Gasteiger charge is -2.34. The SMILES string of the molecule is CN(C(=O)OCC1c2ccccc2-c2ccccc21)[C@@H](CC(=O)OC(C)(C)C)C(=O)N1CCCCC1. The topological polar surface area (TPSA) is 76.1 Å². The third-order valence-corrected chi connectivity index (χ3v) is 6.82. The summed E-state index contributed by atoms with van der Waals surface area (Å²) >= 11 is 0. The zero-order valence-electron chi connectivity index (χ0n) is 21.7. The second-order valence-corrected chi connectivity index (χ2v) is 10.6. The number of esters is 1. The highest BCUT2D eigenvalue weighted by Gasteiger charge is 2.36. The van der Waals surface area contributed by atoms with E-state index in [0.717, 1.165) is 41.5 Å². The summed E-state index contributed by atoms with van der Waals surface area (Å²) in [5.41, 5.74) is 3.84. The average Bonchev–Trinajstić information content (AvgIpc) is 3.18. The molecule has 36 heavy (non-hydrogen) atoms. The summed E-state index contributed by atoms with van der Waals surface area (Å²) in [6.07, 6.45) is 2.06. The summed E-state index contributed by atoms with van der Waals surface area (Å²) in [6, 6.07) is 15.3. The summed E-state index contributed by atoms with van der Waals surface area (Å²) in [4.78, 5) is 42.3. The Balaban J connectivity index is 1.49. The van der Waals surface area contributed by atoms with Gasteiger partial charge in [-0.25, -0.2) is 4.79 Å². The Bertz CT molecular complexity index is 1070. The molecule has 2 amide bonds. The van der Waals surface area contributed by atoms with Gasteiger partial charge in [-0.05, 0) is 62.3 Å². The van der Waals surface area contributed by atoms with Crippen LogP contribution in [0.1, 0.15) is 63.5 Å². The first-order valence-corrected chi connectivity index (χ1v) is 12.7. The fourth-order valence-electron chi connectivity index (χ4n) is 5.08. The monoisotopic (exact) mass is 492 g/mol. The maximum absolute atomic E-state index is 13.4. The molecule has 1 aliphatic carbocycles. The first-order chi connectivity index (χ1) is 17.2. The van der Waals surface area contributed by atoms with E-state index in [0.29, 0.717) is 13.1 Å². The second kappa shape index (κ2) is 10.7. The highest BCUT2D eigenvalue weighted by atomic mass is 16.6. The maximum atomic E-state index is 13.4. The van der Waals surface area contributed by atoms with Crippen LogP contribution in [0, 0.1) is 0 Å². The van der Waals surface area contributed by atoms with Gasteiger partial charge in [0.25, 0.3) is 0 Å². The van der Waals surface area contributed by atoms with Crippen molar-refractivity contribution in [2.45, 2.75) is 64.0 Å². The second-order valence-electron chi connectivity index (χ2n) is 10.6. The molecule has 2 aliphatic rings. The van der Waals surface area contributed by atoms with Crippen LogP contribution in [0.2, 0.25) is 0 Å². The first-order valence-electron chi connectivity index (χ1n) is 12.7. The lowest BCUT2D eigenvalue weighted by Crippen LogP contribution is -2.52. The standard InChI is InChI=1S/C29H36N2O5/c1-29(2,3)36-26(32)18-25(27(33)31-16-10-5-11-17-31)30(4)28(34)35-19-24-22-14-8-6-12-20(22)21-13-7-9-15-23(21)24/h6-9,12-15,24-25H,5,10-11,16-19H2,1-4H3/t25-/m0/s1. The predicted octanol–water partition coefficient (Wildman–Crippen LogP) is 4.98. The van der Waals surface area contributed by atoms with Gasteiger partial charge in [-0.15, -0.1) is 0 Å². The van der Waals surface area contributed by atoms with Gasteiger partial charge in [0.2, 0.25) is 5.91 Å². The van der Waals surface area contributed by atoms with Crippen LogP contribution in [-0.2, 0) is 19.1 Å². The molecule has 4 rings (SSSR count). The lowest BCUT2D eigenvalue weighted by molar-refractivity contribution is -0.158. The molecular weight excluding hydrogens is 456 g/mol. The van der Waals surface area contributed by atoms with Crippen LogP contribution in [-0.4, -0.2) is 66.2 Å². The molecule has 0 spiro atoms. The van der Waals surface area contributed by atoms with E-state index < -0.39 is 23.7 Å². The Morgan fingerprint density at radius 1 is 0.944 bits per heavy atom. The molecule has 7 nitrogen and oxygen atoms in total. The van der Waals surface area contributed by atoms with E-state index in [9.17, 15) is 14.4 Å². The largest absolute Gasteiger partial charge is 0.460 e. The Morgan fingerprint density at radius 2 is 1.50 bits per heavy atom. The highest BCUT2D eigenvalue weighted by molar-refractivity contribution is 5.90. The quantitative estimate of drug-likeness (QED) is 0.532. The summed E-state index contributed by atoms with van der Waals surface area (Å²) < 4.78 is 11.2. The molecular formula is C29H36N2O5. The average molecular weight is 493 g/mol. The summed E-state index contributed by atoms with van der Waals surface area (Å²) in [6.45, 7) is 6.74. The van der Waals surface area contributed by atoms with Crippen molar-refractivity contribution < 1.29 is 23.9 Å². The van der Waals surface area contributed by atoms with E-state index in [-0.39, 0.29) is 24.9 Å². The van der Waals surface area contributed by atoms with Crippen LogP contribution < -0.4 is 0 Å². The fourth-order valence-corrected chi connectivity index (χ4v) is 5.08. The molecule has 2 aromatic carbocycles. The number of likely N-dealkylation sites (tertiary alicyclic amines) is 1. The van der Waals surface area contributed by atoms with E-state index in [1.54, 1.807) is 25.7 Å². The molecule has 1 aliphatic heterocycles. The van der Waals surface area contributed by atoms with Crippen LogP contribution in [0.5, 0.6) is 0 Å². The number of benzene rings is 2. The fraction of sp³-hybridized carbons (Fsp3) is 0.483. The number of fused-ring (bicyclic) bond motifs is 3. The number of hydrogen-bond donors (Lipinski definition) is 0. The molecule has 7 heteroatoms. The molecule has 0 bridgehead atoms. The van der Waals surface area contributed by atoms with Gasteiger partial charge >= 0.3 is 12.1 Å². The lowest BCUT2D eigenvalue weighted by atomic mass is 9.98. The van der Waals surface area contributed by atoms with Crippen molar-refractivity contribution in [2.75, 3.05) is 26.7 Å². The number of amides is 2. The maximum Gasteiger partial charge on any atom is 0.410 e. The molecule has 0 saturated carbocycles. The van der Waals surface area contributed by atoms with E-state index in [4.69, 9.17) is 9.47 Å². The summed E-state index contributed by atoms with van der Waals surface area (Å²) in [5.74, 6) is -0.843. The Labute approximate surface area is 213 Å². The van der Waals surface area contributed by atoms with Gasteiger partial charge < -0.3 is 14.4 Å². The third-order valence-electron chi connectivity index (χ3n) is 6.82. The van der Waals surface area contributed by atoms with Gasteiger partial charge in [0, 0.05) is 26.1 Å². The number of carbonyl (C=O) groups is 3. The zero-order chi connectivity index (χ0) is 25.9. The van der Waals surface area contributed by atoms with Crippen LogP contribution in [0.4, 0.5) is 4.79 Å². The Hall–Kier alpha value is -3.35. The van der Waals surface area contributed by atoms with Crippen molar-refractivity contribution in [1.29, 1.82) is 0 Å². The van der Waals surface area contributed by atoms with Crippen molar-refractivity contribution >= 4 is 18.0 Å². The van der Waals surface area contributed by atoms with Crippen molar-refractivity contribution in [2.24, 2.45) is 0 Å². The van der Waals surface area contributed by atoms with Crippen LogP contribution >= 0.6 is 0 Å². The molecule has 0 N–H and O–H groups in total. The van der Waals surface area contributed by atoms with Crippen LogP contribution in [0.3, 0.4) is 0 Å². The molecule has 1 saturated heterocycles. The van der Waals surface area contributed by atoms with Crippen LogP contribution in [0.15, 0.2) is 48.5 Å². The first kappa shape index (κ1) is 25.7. The van der Waals surface area contributed by atoms with E-state index in [2.05, 4.69) is 24.3 Å². The molecule has 0 aromatic heterocycles. The number of ether oxygens (including phenoxy) is 2. The third kappa shape index (κ3) is 5.72. The van der Waals surface area contributed by atoms with Gasteiger partial charge in [0.05, 0.1) is 6.42 Å². The molecule has 1 fully saturated rings. The minimum absolute atomic E-state index is 0.0862. The minimum Gasteiger partial charge on any atom is -0.460 e. The molecule has 0 radical (unpaired) electrons. The summed E-state index contributed by atoms with van der Waals surface area (Å²) in [5, 5.41) is 0. The number of piperidine rings is 1. The zero-order valence-corrected chi connectivity index (χ0v) is 21.7. The van der Waals surface area contributed by atoms with Gasteiger partial charge in [0.15, 0.2) is 0 Å². The van der Waals surface area contributed by atoms with Gasteiger partial charge in [-0.2, -0.15) is 0 Å². The molecule has 1 atom stereocenters. The van der Waals surface area contributed by atoms with E-state index in [1.165, 1.54) is 11.9 Å². The smallest absolute Gasteiger partial charge is 0.410 e. The van der Waals surface area contributed by atoms with Gasteiger partial charge in [0.1, 0.15) is 18.2 Å². The molecule has 0 unspecified atom stereocenters. The normalized spacial score (nSPS) is 16.1. The predicted molar refractivity (Wildman–Crippen MR) is 138 cm³/mol. The minimum atomic E-state index is -0.978. The van der Waals surface area contributed by atoms with Crippen molar-refractivity contribution in [3.8, 4) is 11.1 Å². The van der Waals surface area contributed by atoms with Gasteiger partial charge in [-0.3, -0.25) is 14.5 Å². The molecule has 1 heterocycles.